The molecule has 9 amide bonds. The van der Waals surface area contributed by atoms with Crippen LogP contribution in [0.15, 0.2) is 0 Å². The predicted molar refractivity (Wildman–Crippen MR) is 244 cm³/mol. The number of carboxylic acids is 4. The fraction of sp³-hybridized carbons (Fsp3) is 0.690. The summed E-state index contributed by atoms with van der Waals surface area (Å²) in [6.07, 6.45) is -6.45. The van der Waals surface area contributed by atoms with E-state index in [9.17, 15) is 93.0 Å². The van der Waals surface area contributed by atoms with Gasteiger partial charge in [0.2, 0.25) is 53.2 Å². The average molecular weight is 1020 g/mol. The zero-order chi connectivity index (χ0) is 55.2. The molecule has 11 atom stereocenters. The van der Waals surface area contributed by atoms with Crippen LogP contribution in [0, 0.1) is 17.8 Å². The maximum Gasteiger partial charge on any atom is 0.326 e. The van der Waals surface area contributed by atoms with Crippen molar-refractivity contribution in [2.75, 3.05) is 6.54 Å². The Labute approximate surface area is 408 Å². The van der Waals surface area contributed by atoms with Gasteiger partial charge < -0.3 is 84.2 Å². The van der Waals surface area contributed by atoms with Gasteiger partial charge in [0.15, 0.2) is 0 Å². The van der Waals surface area contributed by atoms with E-state index in [2.05, 4.69) is 31.9 Å². The molecule has 0 saturated carbocycles. The van der Waals surface area contributed by atoms with Crippen LogP contribution in [0.5, 0.6) is 0 Å². The van der Waals surface area contributed by atoms with Crippen molar-refractivity contribution in [2.45, 2.75) is 161 Å². The van der Waals surface area contributed by atoms with E-state index in [1.54, 1.807) is 13.8 Å². The fourth-order valence-electron chi connectivity index (χ4n) is 6.30. The third-order valence-electron chi connectivity index (χ3n) is 9.99. The highest BCUT2D eigenvalue weighted by Gasteiger charge is 2.37. The number of carboxylic acid groups (broad SMARTS) is 4. The minimum atomic E-state index is -2.08. The van der Waals surface area contributed by atoms with Crippen molar-refractivity contribution in [1.29, 1.82) is 0 Å². The molecule has 17 N–H and O–H groups in total. The van der Waals surface area contributed by atoms with Gasteiger partial charge in [0.25, 0.3) is 0 Å². The zero-order valence-corrected chi connectivity index (χ0v) is 40.9. The lowest BCUT2D eigenvalue weighted by Gasteiger charge is -2.27. The molecule has 0 heterocycles. The van der Waals surface area contributed by atoms with Gasteiger partial charge in [-0.2, -0.15) is 0 Å². The average Bonchev–Trinajstić information content (AvgIpc) is 3.22. The first-order chi connectivity index (χ1) is 32.7. The van der Waals surface area contributed by atoms with E-state index in [-0.39, 0.29) is 24.7 Å². The third kappa shape index (κ3) is 24.4. The summed E-state index contributed by atoms with van der Waals surface area (Å²) in [5.41, 5.74) is 5.95. The normalized spacial score (nSPS) is 15.8. The quantitative estimate of drug-likeness (QED) is 0.0299. The molecule has 0 aromatic heterocycles. The molecule has 29 nitrogen and oxygen atoms in total. The number of amides is 9. The van der Waals surface area contributed by atoms with Gasteiger partial charge in [0, 0.05) is 0 Å². The number of aliphatic carboxylic acids is 4. The molecular weight excluding hydrogens is 949 g/mol. The Kier molecular flexibility index (Phi) is 27.5. The van der Waals surface area contributed by atoms with Gasteiger partial charge >= 0.3 is 23.9 Å². The van der Waals surface area contributed by atoms with Crippen molar-refractivity contribution in [2.24, 2.45) is 23.5 Å². The molecule has 402 valence electrons. The van der Waals surface area contributed by atoms with E-state index in [4.69, 9.17) is 5.73 Å². The number of carbonyl (C=O) groups is 13. The molecule has 0 saturated heterocycles. The maximum atomic E-state index is 13.3. The van der Waals surface area contributed by atoms with Crippen LogP contribution >= 0.6 is 0 Å². The first kappa shape index (κ1) is 64.0. The Morgan fingerprint density at radius 1 is 0.408 bits per heavy atom. The van der Waals surface area contributed by atoms with E-state index >= 15 is 0 Å². The lowest BCUT2D eigenvalue weighted by atomic mass is 10.00. The predicted octanol–water partition coefficient (Wildman–Crippen LogP) is -5.65. The molecule has 0 spiro atoms. The Morgan fingerprint density at radius 3 is 1.13 bits per heavy atom. The fourth-order valence-corrected chi connectivity index (χ4v) is 6.30. The van der Waals surface area contributed by atoms with Gasteiger partial charge in [-0.05, 0) is 51.4 Å². The number of hydrogen-bond donors (Lipinski definition) is 16. The van der Waals surface area contributed by atoms with Crippen molar-refractivity contribution in [3.05, 3.63) is 0 Å². The van der Waals surface area contributed by atoms with Gasteiger partial charge in [-0.1, -0.05) is 41.5 Å². The smallest absolute Gasteiger partial charge is 0.326 e. The van der Waals surface area contributed by atoms with Gasteiger partial charge in [-0.3, -0.25) is 57.5 Å². The van der Waals surface area contributed by atoms with Crippen LogP contribution in [0.1, 0.15) is 94.4 Å². The summed E-state index contributed by atoms with van der Waals surface area (Å²) >= 11 is 0. The van der Waals surface area contributed by atoms with E-state index < -0.39 is 175 Å². The Balaban J connectivity index is 5.98. The van der Waals surface area contributed by atoms with E-state index in [1.165, 1.54) is 13.8 Å². The minimum Gasteiger partial charge on any atom is -0.481 e. The van der Waals surface area contributed by atoms with E-state index in [0.717, 1.165) is 20.8 Å². The van der Waals surface area contributed by atoms with Crippen molar-refractivity contribution in [3.8, 4) is 0 Å². The standard InChI is InChI=1S/C42H70N10O19/c1-16(2)10-22(43)35(63)47-23(11-17(3)4)36(64)48-25(13-29(58)59)38(66)51-32(20(8)53)40(68)44-15-27(55)45-19(7)34(62)46-24(12-28(56)57)37(65)49-26(14-30(60)61)39(67)52-33(21(9)54)41(69)50-31(18(5)6)42(70)71/h16-26,31-33,53-54H,10-15,43H2,1-9H3,(H,44,68)(H,45,55)(H,46,62)(H,47,63)(H,48,64)(H,49,65)(H,50,69)(H,51,66)(H,52,67)(H,56,57)(H,58,59)(H,60,61)(H,70,71)/t19-,20+,21+,22-,23-,24-,25-,26-,31-,32-,33-/m0/s1. The lowest BCUT2D eigenvalue weighted by molar-refractivity contribution is -0.145. The first-order valence-corrected chi connectivity index (χ1v) is 22.4. The number of nitrogens with one attached hydrogen (secondary N) is 9. The van der Waals surface area contributed by atoms with Gasteiger partial charge in [-0.25, -0.2) is 4.79 Å². The second-order valence-corrected chi connectivity index (χ2v) is 17.9. The highest BCUT2D eigenvalue weighted by atomic mass is 16.4. The number of nitrogens with two attached hydrogens (primary N) is 1. The van der Waals surface area contributed by atoms with Crippen LogP contribution in [0.25, 0.3) is 0 Å². The van der Waals surface area contributed by atoms with Crippen LogP contribution < -0.4 is 53.6 Å². The SMILES string of the molecule is CC(C)C[C@H](NC(=O)[C@@H](N)CC(C)C)C(=O)N[C@@H](CC(=O)O)C(=O)N[C@H](C(=O)NCC(=O)N[C@@H](C)C(=O)N[C@@H](CC(=O)O)C(=O)N[C@@H](CC(=O)O)C(=O)N[C@H](C(=O)N[C@H](C(=O)O)C(C)C)[C@@H](C)O)[C@@H](C)O. The Hall–Kier alpha value is -7.01. The zero-order valence-electron chi connectivity index (χ0n) is 40.9. The molecule has 0 bridgehead atoms. The molecule has 0 unspecified atom stereocenters. The Morgan fingerprint density at radius 2 is 0.761 bits per heavy atom. The largest absolute Gasteiger partial charge is 0.481 e. The number of aliphatic hydroxyl groups excluding tert-OH is 2. The molecule has 0 fully saturated rings. The molecule has 0 aromatic carbocycles. The monoisotopic (exact) mass is 1020 g/mol. The summed E-state index contributed by atoms with van der Waals surface area (Å²) in [4.78, 5) is 164. The molecule has 0 radical (unpaired) electrons. The molecular formula is C42H70N10O19. The van der Waals surface area contributed by atoms with E-state index in [1.807, 2.05) is 29.8 Å². The maximum absolute atomic E-state index is 13.3. The summed E-state index contributed by atoms with van der Waals surface area (Å²) in [5, 5.41) is 77.5. The highest BCUT2D eigenvalue weighted by molar-refractivity contribution is 5.99. The van der Waals surface area contributed by atoms with Crippen molar-refractivity contribution in [1.82, 2.24) is 47.9 Å². The van der Waals surface area contributed by atoms with Crippen LogP contribution in [-0.4, -0.2) is 181 Å². The van der Waals surface area contributed by atoms with Crippen LogP contribution in [0.3, 0.4) is 0 Å². The highest BCUT2D eigenvalue weighted by Crippen LogP contribution is 2.10. The van der Waals surface area contributed by atoms with Crippen LogP contribution in [0.2, 0.25) is 0 Å². The summed E-state index contributed by atoms with van der Waals surface area (Å²) in [5.74, 6) is -17.7. The van der Waals surface area contributed by atoms with Crippen LogP contribution in [0.4, 0.5) is 0 Å². The van der Waals surface area contributed by atoms with Crippen LogP contribution in [-0.2, 0) is 62.3 Å². The summed E-state index contributed by atoms with van der Waals surface area (Å²) in [6.45, 7) is 12.2. The number of hydrogen-bond acceptors (Lipinski definition) is 16. The molecule has 71 heavy (non-hydrogen) atoms. The summed E-state index contributed by atoms with van der Waals surface area (Å²) < 4.78 is 0. The first-order valence-electron chi connectivity index (χ1n) is 22.4. The topological polar surface area (TPSA) is 478 Å². The van der Waals surface area contributed by atoms with Gasteiger partial charge in [-0.15, -0.1) is 0 Å². The molecule has 0 aliphatic carbocycles. The Bertz CT molecular complexity index is 1940. The minimum absolute atomic E-state index is 0.0338. The van der Waals surface area contributed by atoms with Crippen molar-refractivity contribution >= 4 is 77.0 Å². The molecule has 0 aliphatic heterocycles. The third-order valence-corrected chi connectivity index (χ3v) is 9.99. The molecule has 0 aliphatic rings. The number of aliphatic hydroxyl groups is 2. The summed E-state index contributed by atoms with van der Waals surface area (Å²) in [7, 11) is 0. The number of carbonyl (C=O) groups excluding carboxylic acids is 9. The van der Waals surface area contributed by atoms with Crippen molar-refractivity contribution in [3.63, 3.8) is 0 Å². The number of rotatable bonds is 32. The molecule has 0 aromatic rings. The lowest BCUT2D eigenvalue weighted by Crippen LogP contribution is -2.61. The van der Waals surface area contributed by atoms with E-state index in [0.29, 0.717) is 0 Å². The van der Waals surface area contributed by atoms with Crippen molar-refractivity contribution < 1.29 is 93.0 Å². The summed E-state index contributed by atoms with van der Waals surface area (Å²) in [6, 6.07) is -15.1. The van der Waals surface area contributed by atoms with Gasteiger partial charge in [0.1, 0.15) is 48.3 Å². The molecule has 0 rings (SSSR count). The second kappa shape index (κ2) is 30.6. The molecule has 29 heteroatoms. The second-order valence-electron chi connectivity index (χ2n) is 17.9. The van der Waals surface area contributed by atoms with Gasteiger partial charge in [0.05, 0.1) is 44.1 Å².